The van der Waals surface area contributed by atoms with Gasteiger partial charge in [0.05, 0.1) is 9.98 Å². The van der Waals surface area contributed by atoms with E-state index in [1.54, 1.807) is 23.3 Å². The van der Waals surface area contributed by atoms with Gasteiger partial charge in [-0.1, -0.05) is 0 Å². The third kappa shape index (κ3) is 2.95. The summed E-state index contributed by atoms with van der Waals surface area (Å²) in [5, 5.41) is 2.00. The van der Waals surface area contributed by atoms with Crippen LogP contribution in [0.3, 0.4) is 0 Å². The number of thiophene rings is 1. The van der Waals surface area contributed by atoms with Gasteiger partial charge in [-0.3, -0.25) is 5.43 Å². The number of rotatable bonds is 4. The first-order valence-corrected chi connectivity index (χ1v) is 6.70. The molecular weight excluding hydrogens is 321 g/mol. The number of aromatic nitrogens is 2. The van der Waals surface area contributed by atoms with Crippen LogP contribution in [0.2, 0.25) is 0 Å². The minimum atomic E-state index is -0.481. The zero-order valence-electron chi connectivity index (χ0n) is 9.52. The second-order valence-electron chi connectivity index (χ2n) is 3.62. The van der Waals surface area contributed by atoms with Crippen molar-refractivity contribution in [1.82, 2.24) is 9.97 Å². The number of nitrogen functional groups attached to an aromatic ring is 1. The summed E-state index contributed by atoms with van der Waals surface area (Å²) in [5.41, 5.74) is 3.37. The van der Waals surface area contributed by atoms with Crippen LogP contribution in [0.25, 0.3) is 0 Å². The number of hydrogen-bond donors (Lipinski definition) is 2. The van der Waals surface area contributed by atoms with E-state index in [9.17, 15) is 4.39 Å². The molecule has 0 atom stereocenters. The van der Waals surface area contributed by atoms with Gasteiger partial charge in [0, 0.05) is 13.6 Å². The molecule has 0 unspecified atom stereocenters. The number of halogens is 2. The highest BCUT2D eigenvalue weighted by Gasteiger charge is 2.12. The van der Waals surface area contributed by atoms with Crippen LogP contribution in [0.5, 0.6) is 0 Å². The van der Waals surface area contributed by atoms with Crippen molar-refractivity contribution in [3.05, 3.63) is 32.8 Å². The van der Waals surface area contributed by atoms with Crippen LogP contribution in [-0.4, -0.2) is 17.0 Å². The van der Waals surface area contributed by atoms with E-state index < -0.39 is 5.82 Å². The van der Waals surface area contributed by atoms with E-state index in [1.807, 2.05) is 11.4 Å². The summed E-state index contributed by atoms with van der Waals surface area (Å²) in [6.07, 6.45) is 1.09. The van der Waals surface area contributed by atoms with Gasteiger partial charge in [-0.25, -0.2) is 15.2 Å². The Labute approximate surface area is 116 Å². The van der Waals surface area contributed by atoms with Crippen LogP contribution in [0.4, 0.5) is 16.2 Å². The molecular formula is C10H11BrFN5S. The number of nitrogens with zero attached hydrogens (tertiary/aromatic N) is 3. The van der Waals surface area contributed by atoms with Crippen molar-refractivity contribution in [2.75, 3.05) is 17.4 Å². The fraction of sp³-hybridized carbons (Fsp3) is 0.200. The highest BCUT2D eigenvalue weighted by Crippen LogP contribution is 2.23. The van der Waals surface area contributed by atoms with Crippen LogP contribution < -0.4 is 16.2 Å². The van der Waals surface area contributed by atoms with E-state index in [4.69, 9.17) is 5.84 Å². The van der Waals surface area contributed by atoms with Gasteiger partial charge in [-0.2, -0.15) is 4.98 Å². The first-order chi connectivity index (χ1) is 8.60. The normalized spacial score (nSPS) is 10.4. The molecule has 2 aromatic rings. The lowest BCUT2D eigenvalue weighted by Crippen LogP contribution is -2.20. The van der Waals surface area contributed by atoms with Gasteiger partial charge in [-0.15, -0.1) is 11.3 Å². The van der Waals surface area contributed by atoms with Gasteiger partial charge in [0.1, 0.15) is 0 Å². The summed E-state index contributed by atoms with van der Waals surface area (Å²) in [6, 6.07) is 1.99. The summed E-state index contributed by atoms with van der Waals surface area (Å²) in [5.74, 6) is 5.12. The van der Waals surface area contributed by atoms with Gasteiger partial charge in [0.15, 0.2) is 11.6 Å². The Bertz CT molecular complexity index is 547. The van der Waals surface area contributed by atoms with E-state index >= 15 is 0 Å². The van der Waals surface area contributed by atoms with E-state index in [1.165, 1.54) is 0 Å². The van der Waals surface area contributed by atoms with Crippen molar-refractivity contribution in [3.63, 3.8) is 0 Å². The molecule has 0 bridgehead atoms. The first kappa shape index (κ1) is 13.2. The Morgan fingerprint density at radius 1 is 1.61 bits per heavy atom. The van der Waals surface area contributed by atoms with Crippen molar-refractivity contribution < 1.29 is 4.39 Å². The number of hydrogen-bond acceptors (Lipinski definition) is 6. The molecule has 3 N–H and O–H groups in total. The van der Waals surface area contributed by atoms with Gasteiger partial charge in [-0.05, 0) is 32.9 Å². The fourth-order valence-electron chi connectivity index (χ4n) is 1.47. The zero-order chi connectivity index (χ0) is 13.1. The number of hydrazine groups is 1. The number of nitrogens with two attached hydrogens (primary N) is 1. The minimum absolute atomic E-state index is 0.185. The molecule has 0 amide bonds. The molecule has 0 radical (unpaired) electrons. The maximum Gasteiger partial charge on any atom is 0.239 e. The van der Waals surface area contributed by atoms with Crippen LogP contribution in [0, 0.1) is 5.82 Å². The van der Waals surface area contributed by atoms with Gasteiger partial charge >= 0.3 is 0 Å². The predicted octanol–water partition coefficient (Wildman–Crippen LogP) is 2.36. The van der Waals surface area contributed by atoms with Gasteiger partial charge in [0.2, 0.25) is 5.95 Å². The van der Waals surface area contributed by atoms with E-state index in [0.29, 0.717) is 6.54 Å². The zero-order valence-corrected chi connectivity index (χ0v) is 11.9. The molecule has 0 aliphatic carbocycles. The van der Waals surface area contributed by atoms with Crippen LogP contribution in [0.1, 0.15) is 5.56 Å². The molecule has 96 valence electrons. The molecule has 0 aromatic carbocycles. The van der Waals surface area contributed by atoms with Gasteiger partial charge < -0.3 is 4.90 Å². The molecule has 0 saturated heterocycles. The summed E-state index contributed by atoms with van der Waals surface area (Å²) in [6.45, 7) is 0.556. The second-order valence-corrected chi connectivity index (χ2v) is 5.92. The lowest BCUT2D eigenvalue weighted by molar-refractivity contribution is 0.607. The maximum atomic E-state index is 13.6. The Morgan fingerprint density at radius 3 is 3.00 bits per heavy atom. The summed E-state index contributed by atoms with van der Waals surface area (Å²) < 4.78 is 14.7. The third-order valence-corrected chi connectivity index (χ3v) is 3.81. The van der Waals surface area contributed by atoms with Crippen LogP contribution >= 0.6 is 27.3 Å². The van der Waals surface area contributed by atoms with E-state index in [-0.39, 0.29) is 11.8 Å². The summed E-state index contributed by atoms with van der Waals surface area (Å²) in [7, 11) is 1.76. The molecule has 0 saturated carbocycles. The molecule has 0 fully saturated rings. The van der Waals surface area contributed by atoms with Crippen LogP contribution in [0.15, 0.2) is 21.4 Å². The summed E-state index contributed by atoms with van der Waals surface area (Å²) in [4.78, 5) is 9.39. The number of anilines is 2. The SMILES string of the molecule is CN(Cc1csc(Br)c1)c1nc(NN)ncc1F. The fourth-order valence-corrected chi connectivity index (χ4v) is 2.67. The largest absolute Gasteiger partial charge is 0.353 e. The average Bonchev–Trinajstić information content (AvgIpc) is 2.75. The highest BCUT2D eigenvalue weighted by molar-refractivity contribution is 9.11. The smallest absolute Gasteiger partial charge is 0.239 e. The first-order valence-electron chi connectivity index (χ1n) is 5.03. The highest BCUT2D eigenvalue weighted by atomic mass is 79.9. The monoisotopic (exact) mass is 331 g/mol. The Morgan fingerprint density at radius 2 is 2.39 bits per heavy atom. The molecule has 18 heavy (non-hydrogen) atoms. The van der Waals surface area contributed by atoms with Crippen LogP contribution in [-0.2, 0) is 6.54 Å². The molecule has 0 aliphatic rings. The van der Waals surface area contributed by atoms with Crippen molar-refractivity contribution in [1.29, 1.82) is 0 Å². The Hall–Kier alpha value is -1.25. The number of nitrogens with one attached hydrogen (secondary N) is 1. The van der Waals surface area contributed by atoms with Crippen molar-refractivity contribution in [2.24, 2.45) is 5.84 Å². The van der Waals surface area contributed by atoms with Crippen molar-refractivity contribution in [3.8, 4) is 0 Å². The topological polar surface area (TPSA) is 67.1 Å². The molecule has 5 nitrogen and oxygen atoms in total. The molecule has 2 rings (SSSR count). The molecule has 8 heteroatoms. The quantitative estimate of drug-likeness (QED) is 0.665. The lowest BCUT2D eigenvalue weighted by Gasteiger charge is -2.18. The second kappa shape index (κ2) is 5.59. The minimum Gasteiger partial charge on any atom is -0.353 e. The van der Waals surface area contributed by atoms with E-state index in [2.05, 4.69) is 31.3 Å². The van der Waals surface area contributed by atoms with Crippen molar-refractivity contribution >= 4 is 39.0 Å². The molecule has 2 aromatic heterocycles. The van der Waals surface area contributed by atoms with Crippen molar-refractivity contribution in [2.45, 2.75) is 6.54 Å². The third-order valence-electron chi connectivity index (χ3n) is 2.26. The lowest BCUT2D eigenvalue weighted by atomic mass is 10.3. The molecule has 2 heterocycles. The van der Waals surface area contributed by atoms with E-state index in [0.717, 1.165) is 15.5 Å². The summed E-state index contributed by atoms with van der Waals surface area (Å²) >= 11 is 4.97. The molecule has 0 aliphatic heterocycles. The maximum absolute atomic E-state index is 13.6. The predicted molar refractivity (Wildman–Crippen MR) is 73.9 cm³/mol. The Balaban J connectivity index is 2.20. The molecule has 0 spiro atoms. The average molecular weight is 332 g/mol. The van der Waals surface area contributed by atoms with Gasteiger partial charge in [0.25, 0.3) is 0 Å². The Kier molecular flexibility index (Phi) is 4.10. The standard InChI is InChI=1S/C10H11BrFN5S/c1-17(4-6-2-8(11)18-5-6)9-7(12)3-14-10(15-9)16-13/h2-3,5H,4,13H2,1H3,(H,14,15,16).